The largest absolute Gasteiger partial charge is 0.444 e. The van der Waals surface area contributed by atoms with Gasteiger partial charge in [0, 0.05) is 13.1 Å². The van der Waals surface area contributed by atoms with Crippen LogP contribution < -0.4 is 0 Å². The van der Waals surface area contributed by atoms with Crippen LogP contribution in [0.25, 0.3) is 0 Å². The summed E-state index contributed by atoms with van der Waals surface area (Å²) >= 11 is 0. The van der Waals surface area contributed by atoms with E-state index in [0.717, 1.165) is 25.9 Å². The summed E-state index contributed by atoms with van der Waals surface area (Å²) in [5.74, 6) is 0. The molecule has 1 heterocycles. The molecule has 1 aromatic carbocycles. The molecule has 2 aliphatic rings. The molecule has 3 rings (SSSR count). The summed E-state index contributed by atoms with van der Waals surface area (Å²) in [6.45, 7) is 7.39. The summed E-state index contributed by atoms with van der Waals surface area (Å²) in [4.78, 5) is 14.1. The number of benzene rings is 1. The molecule has 3 heteroatoms. The Morgan fingerprint density at radius 3 is 2.50 bits per heavy atom. The van der Waals surface area contributed by atoms with Gasteiger partial charge in [-0.15, -0.1) is 0 Å². The van der Waals surface area contributed by atoms with Crippen molar-refractivity contribution in [2.24, 2.45) is 0 Å². The molecule has 0 unspecified atom stereocenters. The molecule has 1 spiro atoms. The monoisotopic (exact) mass is 301 g/mol. The lowest BCUT2D eigenvalue weighted by Crippen LogP contribution is -2.47. The number of carbonyl (C=O) groups is 1. The molecule has 22 heavy (non-hydrogen) atoms. The lowest BCUT2D eigenvalue weighted by atomic mass is 9.65. The van der Waals surface area contributed by atoms with Gasteiger partial charge in [-0.25, -0.2) is 4.79 Å². The van der Waals surface area contributed by atoms with E-state index in [1.807, 2.05) is 25.7 Å². The van der Waals surface area contributed by atoms with Crippen molar-refractivity contribution < 1.29 is 9.53 Å². The smallest absolute Gasteiger partial charge is 0.410 e. The van der Waals surface area contributed by atoms with Gasteiger partial charge in [0.05, 0.1) is 0 Å². The zero-order chi connectivity index (χ0) is 15.8. The molecule has 0 radical (unpaired) electrons. The first-order valence-corrected chi connectivity index (χ1v) is 8.46. The van der Waals surface area contributed by atoms with E-state index in [1.165, 1.54) is 30.4 Å². The Kier molecular flexibility index (Phi) is 3.92. The molecule has 0 bridgehead atoms. The van der Waals surface area contributed by atoms with Gasteiger partial charge in [-0.3, -0.25) is 0 Å². The summed E-state index contributed by atoms with van der Waals surface area (Å²) in [6.07, 6.45) is 5.68. The van der Waals surface area contributed by atoms with Crippen molar-refractivity contribution in [1.82, 2.24) is 4.90 Å². The third kappa shape index (κ3) is 2.99. The molecule has 1 saturated heterocycles. The van der Waals surface area contributed by atoms with Crippen molar-refractivity contribution in [2.45, 2.75) is 63.9 Å². The average Bonchev–Trinajstić information content (AvgIpc) is 2.47. The maximum Gasteiger partial charge on any atom is 0.410 e. The van der Waals surface area contributed by atoms with E-state index in [0.29, 0.717) is 0 Å². The summed E-state index contributed by atoms with van der Waals surface area (Å²) < 4.78 is 5.51. The van der Waals surface area contributed by atoms with Crippen LogP contribution in [0.5, 0.6) is 0 Å². The van der Waals surface area contributed by atoms with Gasteiger partial charge in [0.15, 0.2) is 0 Å². The highest BCUT2D eigenvalue weighted by Gasteiger charge is 2.40. The van der Waals surface area contributed by atoms with Gasteiger partial charge in [-0.2, -0.15) is 0 Å². The minimum Gasteiger partial charge on any atom is -0.444 e. The van der Waals surface area contributed by atoms with Gasteiger partial charge in [0.25, 0.3) is 0 Å². The molecule has 1 aliphatic heterocycles. The minimum absolute atomic E-state index is 0.161. The van der Waals surface area contributed by atoms with Crippen molar-refractivity contribution in [1.29, 1.82) is 0 Å². The second-order valence-corrected chi connectivity index (χ2v) is 7.76. The summed E-state index contributed by atoms with van der Waals surface area (Å²) in [5, 5.41) is 0. The van der Waals surface area contributed by atoms with Gasteiger partial charge in [-0.1, -0.05) is 24.3 Å². The van der Waals surface area contributed by atoms with Crippen LogP contribution in [-0.2, 0) is 16.6 Å². The first-order chi connectivity index (χ1) is 10.4. The van der Waals surface area contributed by atoms with E-state index in [-0.39, 0.29) is 11.5 Å². The highest BCUT2D eigenvalue weighted by atomic mass is 16.6. The average molecular weight is 301 g/mol. The molecular formula is C19H27NO2. The molecule has 0 aromatic heterocycles. The number of nitrogens with zero attached hydrogens (tertiary/aromatic N) is 1. The summed E-state index contributed by atoms with van der Waals surface area (Å²) in [6, 6.07) is 8.88. The quantitative estimate of drug-likeness (QED) is 0.715. The standard InChI is InChI=1S/C19H27NO2/c1-18(2,3)22-17(21)20-13-11-19(12-14-20)10-6-8-15-7-4-5-9-16(15)19/h4-5,7,9H,6,8,10-14H2,1-3H3. The molecule has 0 saturated carbocycles. The van der Waals surface area contributed by atoms with Crippen molar-refractivity contribution in [3.8, 4) is 0 Å². The van der Waals surface area contributed by atoms with Crippen molar-refractivity contribution in [3.63, 3.8) is 0 Å². The Bertz CT molecular complexity index is 551. The predicted molar refractivity (Wildman–Crippen MR) is 88.1 cm³/mol. The maximum atomic E-state index is 12.2. The Balaban J connectivity index is 1.71. The number of ether oxygens (including phenoxy) is 1. The number of amides is 1. The number of carbonyl (C=O) groups excluding carboxylic acids is 1. The highest BCUT2D eigenvalue weighted by molar-refractivity contribution is 5.68. The van der Waals surface area contributed by atoms with Crippen LogP contribution in [0, 0.1) is 0 Å². The van der Waals surface area contributed by atoms with Crippen molar-refractivity contribution in [2.75, 3.05) is 13.1 Å². The van der Waals surface area contributed by atoms with E-state index >= 15 is 0 Å². The van der Waals surface area contributed by atoms with Crippen LogP contribution >= 0.6 is 0 Å². The SMILES string of the molecule is CC(C)(C)OC(=O)N1CCC2(CCCc3ccccc32)CC1. The fourth-order valence-corrected chi connectivity index (χ4v) is 3.97. The van der Waals surface area contributed by atoms with Gasteiger partial charge in [0.1, 0.15) is 5.60 Å². The molecule has 1 aliphatic carbocycles. The number of rotatable bonds is 0. The highest BCUT2D eigenvalue weighted by Crippen LogP contribution is 2.44. The molecule has 1 amide bonds. The molecule has 3 nitrogen and oxygen atoms in total. The van der Waals surface area contributed by atoms with E-state index in [9.17, 15) is 4.79 Å². The molecule has 0 N–H and O–H groups in total. The van der Waals surface area contributed by atoms with Crippen LogP contribution in [0.1, 0.15) is 57.6 Å². The van der Waals surface area contributed by atoms with Gasteiger partial charge in [-0.05, 0) is 69.4 Å². The topological polar surface area (TPSA) is 29.5 Å². The Morgan fingerprint density at radius 2 is 1.82 bits per heavy atom. The number of fused-ring (bicyclic) bond motifs is 2. The number of hydrogen-bond donors (Lipinski definition) is 0. The second-order valence-electron chi connectivity index (χ2n) is 7.76. The van der Waals surface area contributed by atoms with Crippen LogP contribution in [-0.4, -0.2) is 29.7 Å². The lowest BCUT2D eigenvalue weighted by molar-refractivity contribution is 0.0154. The van der Waals surface area contributed by atoms with Crippen molar-refractivity contribution in [3.05, 3.63) is 35.4 Å². The maximum absolute atomic E-state index is 12.2. The minimum atomic E-state index is -0.413. The first kappa shape index (κ1) is 15.4. The van der Waals surface area contributed by atoms with E-state index in [1.54, 1.807) is 0 Å². The van der Waals surface area contributed by atoms with E-state index in [2.05, 4.69) is 24.3 Å². The molecule has 1 fully saturated rings. The number of piperidine rings is 1. The van der Waals surface area contributed by atoms with Gasteiger partial charge in [0.2, 0.25) is 0 Å². The van der Waals surface area contributed by atoms with Crippen LogP contribution in [0.15, 0.2) is 24.3 Å². The number of hydrogen-bond acceptors (Lipinski definition) is 2. The third-order valence-corrected chi connectivity index (χ3v) is 5.06. The van der Waals surface area contributed by atoms with Crippen molar-refractivity contribution >= 4 is 6.09 Å². The molecule has 0 atom stereocenters. The predicted octanol–water partition coefficient (Wildman–Crippen LogP) is 4.29. The fraction of sp³-hybridized carbons (Fsp3) is 0.632. The summed E-state index contributed by atoms with van der Waals surface area (Å²) in [7, 11) is 0. The normalized spacial score (nSPS) is 20.6. The number of likely N-dealkylation sites (tertiary alicyclic amines) is 1. The lowest BCUT2D eigenvalue weighted by Gasteiger charge is -2.45. The number of aryl methyl sites for hydroxylation is 1. The van der Waals surface area contributed by atoms with Gasteiger partial charge >= 0.3 is 6.09 Å². The van der Waals surface area contributed by atoms with Crippen LogP contribution in [0.3, 0.4) is 0 Å². The first-order valence-electron chi connectivity index (χ1n) is 8.46. The Morgan fingerprint density at radius 1 is 1.14 bits per heavy atom. The molecular weight excluding hydrogens is 274 g/mol. The molecule has 120 valence electrons. The van der Waals surface area contributed by atoms with Crippen LogP contribution in [0.2, 0.25) is 0 Å². The Hall–Kier alpha value is -1.51. The zero-order valence-corrected chi connectivity index (χ0v) is 14.0. The Labute approximate surface area is 133 Å². The summed E-state index contributed by atoms with van der Waals surface area (Å²) in [5.41, 5.74) is 2.92. The third-order valence-electron chi connectivity index (χ3n) is 5.06. The second kappa shape index (κ2) is 5.60. The zero-order valence-electron chi connectivity index (χ0n) is 14.0. The fourth-order valence-electron chi connectivity index (χ4n) is 3.97. The van der Waals surface area contributed by atoms with Gasteiger partial charge < -0.3 is 9.64 Å². The van der Waals surface area contributed by atoms with E-state index < -0.39 is 5.60 Å². The van der Waals surface area contributed by atoms with Crippen LogP contribution in [0.4, 0.5) is 4.79 Å². The molecule has 1 aromatic rings. The van der Waals surface area contributed by atoms with E-state index in [4.69, 9.17) is 4.74 Å².